The molecule has 13 aromatic rings. The maximum absolute atomic E-state index is 7.11. The largest absolute Gasteiger partial charge is 0.458 e. The molecule has 0 radical (unpaired) electrons. The van der Waals surface area contributed by atoms with Crippen LogP contribution in [-0.2, 0) is 0 Å². The maximum Gasteiger partial charge on any atom is 0.253 e. The molecule has 4 aliphatic rings. The highest BCUT2D eigenvalue weighted by Crippen LogP contribution is 2.52. The van der Waals surface area contributed by atoms with Crippen LogP contribution in [0.1, 0.15) is 0 Å². The summed E-state index contributed by atoms with van der Waals surface area (Å²) in [5.74, 6) is 1.78. The molecule has 0 fully saturated rings. The van der Waals surface area contributed by atoms with Gasteiger partial charge in [0.25, 0.3) is 13.4 Å². The molecular formula is C72H46B2N4OS2. The zero-order chi connectivity index (χ0) is 53.1. The lowest BCUT2D eigenvalue weighted by molar-refractivity contribution is 0.486. The van der Waals surface area contributed by atoms with Gasteiger partial charge in [-0.05, 0) is 137 Å². The van der Waals surface area contributed by atoms with Crippen LogP contribution in [0.3, 0.4) is 0 Å². The number of benzene rings is 12. The number of thiophene rings is 1. The van der Waals surface area contributed by atoms with Gasteiger partial charge in [-0.3, -0.25) is 0 Å². The molecule has 5 nitrogen and oxygen atoms in total. The van der Waals surface area contributed by atoms with Gasteiger partial charge in [0.05, 0.1) is 21.8 Å². The lowest BCUT2D eigenvalue weighted by Gasteiger charge is -2.45. The average Bonchev–Trinajstić information content (AvgIpc) is 4.12. The van der Waals surface area contributed by atoms with Gasteiger partial charge in [0.2, 0.25) is 0 Å². The minimum Gasteiger partial charge on any atom is -0.458 e. The molecule has 0 bridgehead atoms. The van der Waals surface area contributed by atoms with E-state index in [1.54, 1.807) is 0 Å². The Hall–Kier alpha value is -9.66. The highest BCUT2D eigenvalue weighted by molar-refractivity contribution is 8.00. The fourth-order valence-electron chi connectivity index (χ4n) is 13.3. The van der Waals surface area contributed by atoms with E-state index in [1.165, 1.54) is 74.1 Å². The van der Waals surface area contributed by atoms with Crippen LogP contribution in [0.25, 0.3) is 20.2 Å². The quantitative estimate of drug-likeness (QED) is 0.140. The van der Waals surface area contributed by atoms with Crippen LogP contribution in [0.2, 0.25) is 0 Å². The molecule has 5 heterocycles. The lowest BCUT2D eigenvalue weighted by atomic mass is 9.31. The smallest absolute Gasteiger partial charge is 0.253 e. The van der Waals surface area contributed by atoms with Crippen molar-refractivity contribution in [2.45, 2.75) is 9.79 Å². The Morgan fingerprint density at radius 3 is 1.53 bits per heavy atom. The molecule has 378 valence electrons. The first-order chi connectivity index (χ1) is 40.2. The SMILES string of the molecule is c1ccc(N(c2ccccc2)c2cc3c4c(c2)Sc2cc5c(cc2B4c2ccccc2O3)B2c3ccccc3N(c3ccccc3)c3cc(N(c4ccccc4)c4ccccc4)cc(c32)N5c2cccc3c2sc2ccccc23)cc1. The summed E-state index contributed by atoms with van der Waals surface area (Å²) < 4.78 is 9.64. The van der Waals surface area contributed by atoms with Gasteiger partial charge in [0, 0.05) is 82.5 Å². The van der Waals surface area contributed by atoms with Gasteiger partial charge in [-0.1, -0.05) is 181 Å². The van der Waals surface area contributed by atoms with E-state index in [0.29, 0.717) is 0 Å². The summed E-state index contributed by atoms with van der Waals surface area (Å²) >= 11 is 3.76. The molecule has 1 aromatic heterocycles. The zero-order valence-corrected chi connectivity index (χ0v) is 45.4. The van der Waals surface area contributed by atoms with Crippen LogP contribution in [0, 0.1) is 0 Å². The van der Waals surface area contributed by atoms with E-state index < -0.39 is 0 Å². The summed E-state index contributed by atoms with van der Waals surface area (Å²) in [4.78, 5) is 12.4. The van der Waals surface area contributed by atoms with Crippen LogP contribution >= 0.6 is 23.1 Å². The summed E-state index contributed by atoms with van der Waals surface area (Å²) in [6.07, 6.45) is 0. The third-order valence-corrected chi connectivity index (χ3v) is 19.0. The minimum atomic E-state index is -0.117. The number of ether oxygens (including phenoxy) is 1. The monoisotopic (exact) mass is 1070 g/mol. The number of hydrogen-bond acceptors (Lipinski definition) is 7. The Bertz CT molecular complexity index is 4560. The van der Waals surface area contributed by atoms with E-state index in [9.17, 15) is 0 Å². The number of rotatable bonds is 8. The molecule has 0 saturated heterocycles. The first-order valence-corrected chi connectivity index (χ1v) is 29.3. The van der Waals surface area contributed by atoms with Gasteiger partial charge in [-0.2, -0.15) is 0 Å². The van der Waals surface area contributed by atoms with Crippen molar-refractivity contribution in [1.82, 2.24) is 0 Å². The number of fused-ring (bicyclic) bond motifs is 11. The van der Waals surface area contributed by atoms with Gasteiger partial charge in [0.15, 0.2) is 0 Å². The van der Waals surface area contributed by atoms with Gasteiger partial charge in [-0.15, -0.1) is 11.3 Å². The molecule has 4 aliphatic heterocycles. The molecule has 0 spiro atoms. The molecule has 0 amide bonds. The normalized spacial score (nSPS) is 13.1. The summed E-state index contributed by atoms with van der Waals surface area (Å²) in [6.45, 7) is -0.195. The number of anilines is 12. The first kappa shape index (κ1) is 46.3. The Morgan fingerprint density at radius 1 is 0.321 bits per heavy atom. The van der Waals surface area contributed by atoms with Gasteiger partial charge < -0.3 is 24.3 Å². The lowest BCUT2D eigenvalue weighted by Crippen LogP contribution is -2.64. The molecule has 0 aliphatic carbocycles. The van der Waals surface area contributed by atoms with Crippen molar-refractivity contribution in [3.8, 4) is 11.5 Å². The van der Waals surface area contributed by atoms with Crippen LogP contribution < -0.4 is 57.1 Å². The molecule has 9 heteroatoms. The number of nitrogens with zero attached hydrogens (tertiary/aromatic N) is 4. The fraction of sp³-hybridized carbons (Fsp3) is 0. The van der Waals surface area contributed by atoms with Crippen molar-refractivity contribution in [2.75, 3.05) is 19.6 Å². The Kier molecular flexibility index (Phi) is 10.5. The Labute approximate surface area is 479 Å². The van der Waals surface area contributed by atoms with Crippen LogP contribution in [0.4, 0.5) is 68.2 Å². The Balaban J connectivity index is 0.970. The minimum absolute atomic E-state index is 0.0786. The van der Waals surface area contributed by atoms with Gasteiger partial charge in [-0.25, -0.2) is 0 Å². The molecule has 0 atom stereocenters. The Morgan fingerprint density at radius 2 is 0.852 bits per heavy atom. The molecule has 17 rings (SSSR count). The van der Waals surface area contributed by atoms with Crippen molar-refractivity contribution in [1.29, 1.82) is 0 Å². The van der Waals surface area contributed by atoms with Crippen molar-refractivity contribution < 1.29 is 4.74 Å². The van der Waals surface area contributed by atoms with Crippen LogP contribution in [0.5, 0.6) is 11.5 Å². The third kappa shape index (κ3) is 7.22. The summed E-state index contributed by atoms with van der Waals surface area (Å²) in [5.41, 5.74) is 20.9. The summed E-state index contributed by atoms with van der Waals surface area (Å²) in [7, 11) is 0. The number of hydrogen-bond donors (Lipinski definition) is 0. The third-order valence-electron chi connectivity index (χ3n) is 16.7. The van der Waals surface area contributed by atoms with E-state index in [0.717, 1.165) is 68.4 Å². The van der Waals surface area contributed by atoms with Crippen molar-refractivity contribution >= 4 is 158 Å². The molecule has 81 heavy (non-hydrogen) atoms. The fourth-order valence-corrected chi connectivity index (χ4v) is 15.8. The zero-order valence-electron chi connectivity index (χ0n) is 43.7. The average molecular weight is 1070 g/mol. The molecule has 0 unspecified atom stereocenters. The second-order valence-corrected chi connectivity index (χ2v) is 23.3. The molecular weight excluding hydrogens is 1020 g/mol. The molecule has 0 saturated carbocycles. The predicted octanol–water partition coefficient (Wildman–Crippen LogP) is 16.2. The molecule has 12 aromatic carbocycles. The number of para-hydroxylation sites is 7. The highest BCUT2D eigenvalue weighted by atomic mass is 32.2. The molecule has 0 N–H and O–H groups in total. The topological polar surface area (TPSA) is 22.2 Å². The van der Waals surface area contributed by atoms with Crippen molar-refractivity contribution in [3.05, 3.63) is 279 Å². The van der Waals surface area contributed by atoms with E-state index in [4.69, 9.17) is 4.74 Å². The van der Waals surface area contributed by atoms with Crippen molar-refractivity contribution in [3.63, 3.8) is 0 Å². The van der Waals surface area contributed by atoms with Crippen molar-refractivity contribution in [2.24, 2.45) is 0 Å². The second-order valence-electron chi connectivity index (χ2n) is 21.1. The summed E-state index contributed by atoms with van der Waals surface area (Å²) in [5, 5.41) is 2.53. The van der Waals surface area contributed by atoms with Crippen LogP contribution in [0.15, 0.2) is 289 Å². The van der Waals surface area contributed by atoms with E-state index in [-0.39, 0.29) is 13.4 Å². The summed E-state index contributed by atoms with van der Waals surface area (Å²) in [6, 6.07) is 102. The van der Waals surface area contributed by atoms with Crippen LogP contribution in [-0.4, -0.2) is 13.4 Å². The maximum atomic E-state index is 7.11. The second kappa shape index (κ2) is 18.5. The van der Waals surface area contributed by atoms with Gasteiger partial charge >= 0.3 is 0 Å². The highest BCUT2D eigenvalue weighted by Gasteiger charge is 2.47. The van der Waals surface area contributed by atoms with E-state index in [1.807, 2.05) is 23.1 Å². The predicted molar refractivity (Wildman–Crippen MR) is 344 cm³/mol. The van der Waals surface area contributed by atoms with E-state index in [2.05, 4.69) is 299 Å². The van der Waals surface area contributed by atoms with Gasteiger partial charge in [0.1, 0.15) is 11.5 Å². The first-order valence-electron chi connectivity index (χ1n) is 27.6. The van der Waals surface area contributed by atoms with E-state index >= 15 is 0 Å². The standard InChI is InChI=1S/C72H46B2N4OS2/c1-6-23-47(24-7-1)75(48-25-8-2-9-26-48)52-41-63-70-64(42-52)78(61-38-22-34-55-54-33-16-21-40-67(54)81-72(55)61)62-46-68-59(45-58(62)73(70)56-35-17-19-37-60(56)77(63)51-31-14-5-15-32-51)74-57-36-18-20-39-65(57)79-66-43-53(44-69(80-68)71(66)74)76(49-27-10-3-11-28-49)50-29-12-4-13-30-50/h1-46H.